The van der Waals surface area contributed by atoms with Crippen molar-refractivity contribution in [1.82, 2.24) is 14.5 Å². The van der Waals surface area contributed by atoms with Gasteiger partial charge in [-0.3, -0.25) is 9.36 Å². The largest absolute Gasteiger partial charge is 0.465 e. The molecule has 0 fully saturated rings. The van der Waals surface area contributed by atoms with Crippen LogP contribution in [0.5, 0.6) is 0 Å². The number of hydrogen-bond donors (Lipinski definition) is 2. The van der Waals surface area contributed by atoms with Gasteiger partial charge in [-0.05, 0) is 30.3 Å². The van der Waals surface area contributed by atoms with Crippen LogP contribution < -0.4 is 11.3 Å². The van der Waals surface area contributed by atoms with E-state index in [-0.39, 0.29) is 22.3 Å². The first-order chi connectivity index (χ1) is 13.7. The van der Waals surface area contributed by atoms with Crippen molar-refractivity contribution in [3.63, 3.8) is 0 Å². The molecule has 2 heterocycles. The maximum Gasteiger partial charge on any atom is 0.416 e. The lowest BCUT2D eigenvalue weighted by Gasteiger charge is -2.17. The van der Waals surface area contributed by atoms with Crippen molar-refractivity contribution >= 4 is 33.6 Å². The number of anilines is 1. The fourth-order valence-corrected chi connectivity index (χ4v) is 3.21. The minimum Gasteiger partial charge on any atom is -0.465 e. The van der Waals surface area contributed by atoms with Crippen LogP contribution in [0.1, 0.15) is 15.9 Å². The molecular formula is C19H13F3N4O3. The number of aromatic amines is 1. The van der Waals surface area contributed by atoms with Gasteiger partial charge in [0, 0.05) is 5.39 Å². The van der Waals surface area contributed by atoms with E-state index in [1.807, 2.05) is 0 Å². The number of halogens is 3. The molecule has 148 valence electrons. The fourth-order valence-electron chi connectivity index (χ4n) is 3.21. The van der Waals surface area contributed by atoms with Crippen LogP contribution >= 0.6 is 0 Å². The molecule has 0 bridgehead atoms. The van der Waals surface area contributed by atoms with E-state index in [0.717, 1.165) is 29.9 Å². The molecule has 4 aromatic rings. The van der Waals surface area contributed by atoms with Crippen LogP contribution in [-0.4, -0.2) is 27.6 Å². The molecule has 7 nitrogen and oxygen atoms in total. The Labute approximate surface area is 160 Å². The number of aromatic nitrogens is 3. The lowest BCUT2D eigenvalue weighted by molar-refractivity contribution is -0.137. The quantitative estimate of drug-likeness (QED) is 0.501. The van der Waals surface area contributed by atoms with Crippen LogP contribution in [-0.2, 0) is 10.9 Å². The molecule has 0 aliphatic rings. The number of hydrogen-bond acceptors (Lipinski definition) is 5. The number of methoxy groups -OCH3 is 1. The molecule has 0 atom stereocenters. The molecule has 0 saturated heterocycles. The van der Waals surface area contributed by atoms with Crippen molar-refractivity contribution < 1.29 is 22.7 Å². The van der Waals surface area contributed by atoms with Gasteiger partial charge in [0.15, 0.2) is 0 Å². The summed E-state index contributed by atoms with van der Waals surface area (Å²) < 4.78 is 45.5. The Kier molecular flexibility index (Phi) is 4.07. The maximum absolute atomic E-state index is 13.3. The average molecular weight is 402 g/mol. The third kappa shape index (κ3) is 2.89. The summed E-state index contributed by atoms with van der Waals surface area (Å²) in [6.07, 6.45) is -3.18. The van der Waals surface area contributed by atoms with E-state index in [0.29, 0.717) is 11.0 Å². The normalized spacial score (nSPS) is 11.9. The van der Waals surface area contributed by atoms with Crippen molar-refractivity contribution in [1.29, 1.82) is 0 Å². The summed E-state index contributed by atoms with van der Waals surface area (Å²) in [7, 11) is 1.08. The number of rotatable bonds is 2. The number of nitrogens with zero attached hydrogens (tertiary/aromatic N) is 2. The number of benzene rings is 2. The summed E-state index contributed by atoms with van der Waals surface area (Å²) >= 11 is 0. The van der Waals surface area contributed by atoms with Gasteiger partial charge in [0.05, 0.1) is 46.9 Å². The number of fused-ring (bicyclic) bond motifs is 2. The van der Waals surface area contributed by atoms with Crippen LogP contribution in [0.3, 0.4) is 0 Å². The number of nitrogen functional groups attached to an aromatic ring is 1. The molecule has 0 aliphatic carbocycles. The summed E-state index contributed by atoms with van der Waals surface area (Å²) in [6.45, 7) is 0. The number of esters is 1. The summed E-state index contributed by atoms with van der Waals surface area (Å²) in [5.74, 6) is -0.981. The number of carbonyl (C=O) groups is 1. The highest BCUT2D eigenvalue weighted by atomic mass is 19.4. The van der Waals surface area contributed by atoms with E-state index < -0.39 is 28.8 Å². The number of ether oxygens (including phenoxy) is 1. The van der Waals surface area contributed by atoms with Gasteiger partial charge in [-0.1, -0.05) is 6.07 Å². The Morgan fingerprint density at radius 1 is 1.21 bits per heavy atom. The van der Waals surface area contributed by atoms with Crippen LogP contribution in [0.4, 0.5) is 18.9 Å². The zero-order chi connectivity index (χ0) is 20.9. The molecule has 0 saturated carbocycles. The summed E-state index contributed by atoms with van der Waals surface area (Å²) in [5.41, 5.74) is 4.73. The highest BCUT2D eigenvalue weighted by molar-refractivity contribution is 6.04. The molecule has 4 rings (SSSR count). The highest BCUT2D eigenvalue weighted by Gasteiger charge is 2.32. The van der Waals surface area contributed by atoms with Gasteiger partial charge in [-0.2, -0.15) is 13.2 Å². The van der Waals surface area contributed by atoms with E-state index in [4.69, 9.17) is 5.73 Å². The van der Waals surface area contributed by atoms with Crippen molar-refractivity contribution in [2.75, 3.05) is 12.8 Å². The molecule has 0 amide bonds. The highest BCUT2D eigenvalue weighted by Crippen LogP contribution is 2.34. The fraction of sp³-hybridized carbons (Fsp3) is 0.105. The predicted octanol–water partition coefficient (Wildman–Crippen LogP) is 3.25. The summed E-state index contributed by atoms with van der Waals surface area (Å²) in [6, 6.07) is 7.45. The zero-order valence-electron chi connectivity index (χ0n) is 14.9. The summed E-state index contributed by atoms with van der Waals surface area (Å²) in [4.78, 5) is 32.2. The van der Waals surface area contributed by atoms with Gasteiger partial charge < -0.3 is 15.5 Å². The second-order valence-electron chi connectivity index (χ2n) is 6.25. The van der Waals surface area contributed by atoms with E-state index in [2.05, 4.69) is 14.7 Å². The number of carbonyl (C=O) groups excluding carboxylic acids is 1. The molecule has 0 aliphatic heterocycles. The molecule has 0 unspecified atom stereocenters. The average Bonchev–Trinajstić information content (AvgIpc) is 3.14. The zero-order valence-corrected chi connectivity index (χ0v) is 14.9. The third-order valence-corrected chi connectivity index (χ3v) is 4.59. The molecule has 29 heavy (non-hydrogen) atoms. The van der Waals surface area contributed by atoms with E-state index in [9.17, 15) is 22.8 Å². The second kappa shape index (κ2) is 6.36. The lowest BCUT2D eigenvalue weighted by Crippen LogP contribution is -2.28. The molecule has 2 aromatic heterocycles. The predicted molar refractivity (Wildman–Crippen MR) is 100.0 cm³/mol. The van der Waals surface area contributed by atoms with Gasteiger partial charge in [0.2, 0.25) is 0 Å². The van der Waals surface area contributed by atoms with Crippen molar-refractivity contribution in [3.8, 4) is 5.69 Å². The lowest BCUT2D eigenvalue weighted by atomic mass is 10.1. The van der Waals surface area contributed by atoms with Crippen molar-refractivity contribution in [2.24, 2.45) is 0 Å². The first-order valence-electron chi connectivity index (χ1n) is 8.29. The number of alkyl halides is 3. The van der Waals surface area contributed by atoms with Gasteiger partial charge >= 0.3 is 12.1 Å². The van der Waals surface area contributed by atoms with Crippen molar-refractivity contribution in [3.05, 3.63) is 64.2 Å². The maximum atomic E-state index is 13.3. The number of pyridine rings is 1. The SMILES string of the molecule is COC(=O)c1c(N)c2ccc(C(F)(F)F)cc2n(-c2ccc3nc[nH]c3c2)c1=O. The molecule has 3 N–H and O–H groups in total. The van der Waals surface area contributed by atoms with Crippen LogP contribution in [0, 0.1) is 0 Å². The van der Waals surface area contributed by atoms with E-state index in [1.165, 1.54) is 12.4 Å². The molecule has 2 aromatic carbocycles. The molecule has 0 spiro atoms. The van der Waals surface area contributed by atoms with Crippen LogP contribution in [0.25, 0.3) is 27.6 Å². The second-order valence-corrected chi connectivity index (χ2v) is 6.25. The van der Waals surface area contributed by atoms with E-state index in [1.54, 1.807) is 12.1 Å². The first-order valence-corrected chi connectivity index (χ1v) is 8.29. The number of imidazole rings is 1. The van der Waals surface area contributed by atoms with E-state index >= 15 is 0 Å². The summed E-state index contributed by atoms with van der Waals surface area (Å²) in [5, 5.41) is 0.114. The van der Waals surface area contributed by atoms with Crippen molar-refractivity contribution in [2.45, 2.75) is 6.18 Å². The van der Waals surface area contributed by atoms with Crippen LogP contribution in [0.15, 0.2) is 47.5 Å². The first kappa shape index (κ1) is 18.5. The number of H-pyrrole nitrogens is 1. The van der Waals surface area contributed by atoms with Crippen LogP contribution in [0.2, 0.25) is 0 Å². The Morgan fingerprint density at radius 2 is 1.97 bits per heavy atom. The smallest absolute Gasteiger partial charge is 0.416 e. The molecule has 0 radical (unpaired) electrons. The Balaban J connectivity index is 2.16. The van der Waals surface area contributed by atoms with Gasteiger partial charge in [-0.25, -0.2) is 9.78 Å². The van der Waals surface area contributed by atoms with Gasteiger partial charge in [-0.15, -0.1) is 0 Å². The minimum atomic E-state index is -4.63. The molecular weight excluding hydrogens is 389 g/mol. The Morgan fingerprint density at radius 3 is 2.66 bits per heavy atom. The topological polar surface area (TPSA) is 103 Å². The molecule has 10 heteroatoms. The number of nitrogens with two attached hydrogens (primary N) is 1. The Hall–Kier alpha value is -3.82. The monoisotopic (exact) mass is 402 g/mol. The minimum absolute atomic E-state index is 0.0890. The standard InChI is InChI=1S/C19H13F3N4O3/c1-29-18(28)15-16(23)11-4-2-9(19(20,21)22)6-14(11)26(17(15)27)10-3-5-12-13(7-10)25-8-24-12/h2-8H,23H2,1H3,(H,24,25). The van der Waals surface area contributed by atoms with Gasteiger partial charge in [0.25, 0.3) is 5.56 Å². The Bertz CT molecular complexity index is 1340. The third-order valence-electron chi connectivity index (χ3n) is 4.59. The number of nitrogens with one attached hydrogen (secondary N) is 1. The van der Waals surface area contributed by atoms with Gasteiger partial charge in [0.1, 0.15) is 5.56 Å².